The fourth-order valence-electron chi connectivity index (χ4n) is 2.75. The summed E-state index contributed by atoms with van der Waals surface area (Å²) >= 11 is 0. The Bertz CT molecular complexity index is 947. The van der Waals surface area contributed by atoms with Gasteiger partial charge >= 0.3 is 6.03 Å². The van der Waals surface area contributed by atoms with E-state index < -0.39 is 17.8 Å². The van der Waals surface area contributed by atoms with Crippen LogP contribution in [-0.2, 0) is 16.0 Å². The summed E-state index contributed by atoms with van der Waals surface area (Å²) in [5.74, 6) is -1.59. The van der Waals surface area contributed by atoms with Crippen molar-refractivity contribution in [2.24, 2.45) is 0 Å². The number of carbonyl (C=O) groups excluding carboxylic acids is 3. The van der Waals surface area contributed by atoms with Gasteiger partial charge in [-0.2, -0.15) is 0 Å². The number of anilines is 1. The van der Waals surface area contributed by atoms with E-state index in [1.54, 1.807) is 24.3 Å². The summed E-state index contributed by atoms with van der Waals surface area (Å²) in [4.78, 5) is 38.1. The first-order valence-corrected chi connectivity index (χ1v) is 8.32. The summed E-state index contributed by atoms with van der Waals surface area (Å²) in [6.45, 7) is 1.99. The van der Waals surface area contributed by atoms with Gasteiger partial charge in [0.25, 0.3) is 11.8 Å². The number of carbonyl (C=O) groups is 3. The molecule has 4 amide bonds. The molecular weight excluding hydrogens is 348 g/mol. The van der Waals surface area contributed by atoms with E-state index >= 15 is 0 Å². The van der Waals surface area contributed by atoms with Gasteiger partial charge in [0.05, 0.1) is 12.8 Å². The van der Waals surface area contributed by atoms with Crippen molar-refractivity contribution in [1.29, 1.82) is 0 Å². The third-order valence-corrected chi connectivity index (χ3v) is 4.25. The third kappa shape index (κ3) is 3.39. The van der Waals surface area contributed by atoms with Crippen LogP contribution in [-0.4, -0.2) is 30.1 Å². The number of aryl methyl sites for hydroxylation is 1. The van der Waals surface area contributed by atoms with Gasteiger partial charge in [0.2, 0.25) is 0 Å². The van der Waals surface area contributed by atoms with Gasteiger partial charge in [0, 0.05) is 5.56 Å². The summed E-state index contributed by atoms with van der Waals surface area (Å²) < 4.78 is 5.03. The van der Waals surface area contributed by atoms with Gasteiger partial charge in [-0.3, -0.25) is 14.9 Å². The SMILES string of the molecule is CCc1ccc(N2C(=O)NC(=O)/C(=C\c3cccc(OC)c3O)C2=O)cc1. The minimum absolute atomic E-state index is 0.205. The summed E-state index contributed by atoms with van der Waals surface area (Å²) in [6, 6.07) is 10.8. The molecule has 3 rings (SSSR count). The minimum atomic E-state index is -0.825. The van der Waals surface area contributed by atoms with Crippen molar-refractivity contribution in [2.45, 2.75) is 13.3 Å². The van der Waals surface area contributed by atoms with Crippen molar-refractivity contribution in [3.8, 4) is 11.5 Å². The second kappa shape index (κ2) is 7.33. The molecule has 1 aliphatic rings. The van der Waals surface area contributed by atoms with Gasteiger partial charge in [0.1, 0.15) is 5.57 Å². The number of aromatic hydroxyl groups is 1. The first-order chi connectivity index (χ1) is 13.0. The van der Waals surface area contributed by atoms with Crippen molar-refractivity contribution in [1.82, 2.24) is 5.32 Å². The second-order valence-electron chi connectivity index (χ2n) is 5.88. The maximum absolute atomic E-state index is 12.8. The van der Waals surface area contributed by atoms with Crippen molar-refractivity contribution in [3.63, 3.8) is 0 Å². The average molecular weight is 366 g/mol. The molecule has 0 spiro atoms. The van der Waals surface area contributed by atoms with Gasteiger partial charge in [-0.25, -0.2) is 9.69 Å². The van der Waals surface area contributed by atoms with Gasteiger partial charge in [-0.1, -0.05) is 31.2 Å². The van der Waals surface area contributed by atoms with E-state index in [1.807, 2.05) is 19.1 Å². The Morgan fingerprint density at radius 3 is 2.44 bits per heavy atom. The van der Waals surface area contributed by atoms with Crippen molar-refractivity contribution < 1.29 is 24.2 Å². The summed E-state index contributed by atoms with van der Waals surface area (Å²) in [5.41, 5.74) is 1.36. The lowest BCUT2D eigenvalue weighted by atomic mass is 10.1. The number of methoxy groups -OCH3 is 1. The van der Waals surface area contributed by atoms with Crippen LogP contribution >= 0.6 is 0 Å². The number of barbiturate groups is 1. The first kappa shape index (κ1) is 18.2. The van der Waals surface area contributed by atoms with Crippen LogP contribution in [0, 0.1) is 0 Å². The maximum atomic E-state index is 12.8. The normalized spacial score (nSPS) is 15.9. The van der Waals surface area contributed by atoms with Crippen molar-refractivity contribution >= 4 is 29.6 Å². The molecule has 1 saturated heterocycles. The number of hydrogen-bond acceptors (Lipinski definition) is 5. The van der Waals surface area contributed by atoms with Gasteiger partial charge in [-0.05, 0) is 36.3 Å². The molecule has 2 aromatic rings. The molecule has 138 valence electrons. The van der Waals surface area contributed by atoms with Gasteiger partial charge < -0.3 is 9.84 Å². The number of phenolic OH excluding ortho intramolecular Hbond substituents is 1. The Morgan fingerprint density at radius 2 is 1.81 bits per heavy atom. The number of nitrogens with one attached hydrogen (secondary N) is 1. The predicted molar refractivity (Wildman–Crippen MR) is 99.5 cm³/mol. The molecule has 0 aliphatic carbocycles. The van der Waals surface area contributed by atoms with E-state index in [0.29, 0.717) is 5.69 Å². The molecule has 7 heteroatoms. The number of phenols is 1. The number of urea groups is 1. The van der Waals surface area contributed by atoms with E-state index in [0.717, 1.165) is 16.9 Å². The summed E-state index contributed by atoms with van der Waals surface area (Å²) in [7, 11) is 1.39. The van der Waals surface area contributed by atoms with Crippen LogP contribution in [0.15, 0.2) is 48.0 Å². The molecule has 7 nitrogen and oxygen atoms in total. The Balaban J connectivity index is 2.02. The molecular formula is C20H18N2O5. The van der Waals surface area contributed by atoms with Crippen LogP contribution in [0.5, 0.6) is 11.5 Å². The Morgan fingerprint density at radius 1 is 1.11 bits per heavy atom. The van der Waals surface area contributed by atoms with E-state index in [2.05, 4.69) is 5.32 Å². The van der Waals surface area contributed by atoms with Gasteiger partial charge in [-0.15, -0.1) is 0 Å². The average Bonchev–Trinajstić information content (AvgIpc) is 2.66. The smallest absolute Gasteiger partial charge is 0.335 e. The number of para-hydroxylation sites is 1. The van der Waals surface area contributed by atoms with Crippen LogP contribution in [0.3, 0.4) is 0 Å². The Labute approximate surface area is 155 Å². The molecule has 2 N–H and O–H groups in total. The number of amides is 4. The quantitative estimate of drug-likeness (QED) is 0.641. The number of ether oxygens (including phenoxy) is 1. The number of imide groups is 2. The lowest BCUT2D eigenvalue weighted by molar-refractivity contribution is -0.122. The zero-order valence-electron chi connectivity index (χ0n) is 14.9. The predicted octanol–water partition coefficient (Wildman–Crippen LogP) is 2.63. The highest BCUT2D eigenvalue weighted by atomic mass is 16.5. The monoisotopic (exact) mass is 366 g/mol. The molecule has 0 radical (unpaired) electrons. The molecule has 1 fully saturated rings. The van der Waals surface area contributed by atoms with Gasteiger partial charge in [0.15, 0.2) is 11.5 Å². The van der Waals surface area contributed by atoms with Crippen LogP contribution in [0.4, 0.5) is 10.5 Å². The van der Waals surface area contributed by atoms with E-state index in [9.17, 15) is 19.5 Å². The van der Waals surface area contributed by atoms with Crippen LogP contribution < -0.4 is 15.0 Å². The summed E-state index contributed by atoms with van der Waals surface area (Å²) in [5, 5.41) is 12.3. The molecule has 0 unspecified atom stereocenters. The van der Waals surface area contributed by atoms with Crippen molar-refractivity contribution in [3.05, 3.63) is 59.2 Å². The third-order valence-electron chi connectivity index (χ3n) is 4.25. The maximum Gasteiger partial charge on any atom is 0.335 e. The molecule has 1 aliphatic heterocycles. The highest BCUT2D eigenvalue weighted by molar-refractivity contribution is 6.39. The molecule has 0 saturated carbocycles. The second-order valence-corrected chi connectivity index (χ2v) is 5.88. The fourth-order valence-corrected chi connectivity index (χ4v) is 2.75. The van der Waals surface area contributed by atoms with Crippen LogP contribution in [0.2, 0.25) is 0 Å². The Hall–Kier alpha value is -3.61. The highest BCUT2D eigenvalue weighted by Gasteiger charge is 2.37. The zero-order chi connectivity index (χ0) is 19.6. The molecule has 0 aromatic heterocycles. The lowest BCUT2D eigenvalue weighted by Gasteiger charge is -2.26. The molecule has 0 bridgehead atoms. The largest absolute Gasteiger partial charge is 0.504 e. The number of rotatable bonds is 4. The highest BCUT2D eigenvalue weighted by Crippen LogP contribution is 2.32. The minimum Gasteiger partial charge on any atom is -0.504 e. The van der Waals surface area contributed by atoms with Crippen LogP contribution in [0.25, 0.3) is 6.08 Å². The number of benzene rings is 2. The molecule has 0 atom stereocenters. The van der Waals surface area contributed by atoms with E-state index in [4.69, 9.17) is 4.74 Å². The molecule has 1 heterocycles. The lowest BCUT2D eigenvalue weighted by Crippen LogP contribution is -2.54. The topological polar surface area (TPSA) is 95.9 Å². The summed E-state index contributed by atoms with van der Waals surface area (Å²) in [6.07, 6.45) is 2.05. The first-order valence-electron chi connectivity index (χ1n) is 8.32. The number of hydrogen-bond donors (Lipinski definition) is 2. The standard InChI is InChI=1S/C20H18N2O5/c1-3-12-7-9-14(10-8-12)22-19(25)15(18(24)21-20(22)26)11-13-5-4-6-16(27-2)17(13)23/h4-11,23H,3H2,1-2H3,(H,21,24,26)/b15-11+. The van der Waals surface area contributed by atoms with E-state index in [1.165, 1.54) is 19.3 Å². The van der Waals surface area contributed by atoms with E-state index in [-0.39, 0.29) is 22.6 Å². The fraction of sp³-hybridized carbons (Fsp3) is 0.150. The molecule has 27 heavy (non-hydrogen) atoms. The Kier molecular flexibility index (Phi) is 4.94. The molecule has 2 aromatic carbocycles. The van der Waals surface area contributed by atoms with Crippen LogP contribution in [0.1, 0.15) is 18.1 Å². The number of nitrogens with zero attached hydrogens (tertiary/aromatic N) is 1. The zero-order valence-corrected chi connectivity index (χ0v) is 14.9. The van der Waals surface area contributed by atoms with Crippen molar-refractivity contribution in [2.75, 3.05) is 12.0 Å².